The van der Waals surface area contributed by atoms with Crippen molar-refractivity contribution in [1.82, 2.24) is 10.3 Å². The van der Waals surface area contributed by atoms with Gasteiger partial charge in [-0.3, -0.25) is 4.98 Å². The Kier molecular flexibility index (Phi) is 6.22. The fourth-order valence-electron chi connectivity index (χ4n) is 2.09. The Morgan fingerprint density at radius 1 is 1.05 bits per heavy atom. The summed E-state index contributed by atoms with van der Waals surface area (Å²) in [5.41, 5.74) is 2.27. The summed E-state index contributed by atoms with van der Waals surface area (Å²) in [6, 6.07) is 9.94. The highest BCUT2D eigenvalue weighted by Crippen LogP contribution is 2.28. The predicted octanol–water partition coefficient (Wildman–Crippen LogP) is 3.41. The highest BCUT2D eigenvalue weighted by Gasteiger charge is 2.06. The molecule has 0 radical (unpaired) electrons. The molecule has 0 spiro atoms. The van der Waals surface area contributed by atoms with E-state index in [1.54, 1.807) is 19.5 Å². The molecule has 2 rings (SSSR count). The van der Waals surface area contributed by atoms with E-state index in [9.17, 15) is 0 Å². The maximum Gasteiger partial charge on any atom is 0.161 e. The molecule has 22 heavy (non-hydrogen) atoms. The number of methoxy groups -OCH3 is 1. The van der Waals surface area contributed by atoms with Crippen LogP contribution in [0.2, 0.25) is 0 Å². The summed E-state index contributed by atoms with van der Waals surface area (Å²) >= 11 is 0. The molecule has 4 nitrogen and oxygen atoms in total. The number of ether oxygens (including phenoxy) is 2. The molecule has 0 saturated heterocycles. The second-order valence-corrected chi connectivity index (χ2v) is 5.65. The van der Waals surface area contributed by atoms with Gasteiger partial charge >= 0.3 is 0 Å². The first-order chi connectivity index (χ1) is 10.7. The number of aromatic nitrogens is 1. The van der Waals surface area contributed by atoms with Gasteiger partial charge in [-0.2, -0.15) is 0 Å². The van der Waals surface area contributed by atoms with Crippen LogP contribution in [0.4, 0.5) is 0 Å². The molecule has 1 aromatic heterocycles. The monoisotopic (exact) mass is 300 g/mol. The van der Waals surface area contributed by atoms with Gasteiger partial charge in [0, 0.05) is 18.9 Å². The second kappa shape index (κ2) is 8.39. The lowest BCUT2D eigenvalue weighted by Gasteiger charge is -2.13. The molecule has 0 amide bonds. The molecule has 0 unspecified atom stereocenters. The van der Waals surface area contributed by atoms with Crippen molar-refractivity contribution in [2.24, 2.45) is 5.92 Å². The molecular weight excluding hydrogens is 276 g/mol. The second-order valence-electron chi connectivity index (χ2n) is 5.65. The molecule has 1 heterocycles. The lowest BCUT2D eigenvalue weighted by Crippen LogP contribution is -2.18. The van der Waals surface area contributed by atoms with E-state index < -0.39 is 0 Å². The number of benzene rings is 1. The molecule has 4 heteroatoms. The van der Waals surface area contributed by atoms with Gasteiger partial charge < -0.3 is 14.8 Å². The molecule has 0 aliphatic carbocycles. The lowest BCUT2D eigenvalue weighted by atomic mass is 10.2. The minimum absolute atomic E-state index is 0.504. The Morgan fingerprint density at radius 3 is 2.50 bits per heavy atom. The van der Waals surface area contributed by atoms with Gasteiger partial charge in [-0.05, 0) is 47.9 Å². The fourth-order valence-corrected chi connectivity index (χ4v) is 2.09. The molecular formula is C18H24N2O2. The Balaban J connectivity index is 1.96. The van der Waals surface area contributed by atoms with Gasteiger partial charge in [-0.1, -0.05) is 19.9 Å². The molecule has 0 saturated carbocycles. The van der Waals surface area contributed by atoms with Crippen LogP contribution in [0.15, 0.2) is 42.7 Å². The zero-order valence-corrected chi connectivity index (χ0v) is 13.5. The smallest absolute Gasteiger partial charge is 0.161 e. The van der Waals surface area contributed by atoms with E-state index in [1.165, 1.54) is 5.56 Å². The van der Waals surface area contributed by atoms with Gasteiger partial charge in [-0.25, -0.2) is 0 Å². The van der Waals surface area contributed by atoms with Crippen molar-refractivity contribution in [2.45, 2.75) is 27.0 Å². The van der Waals surface area contributed by atoms with Crippen LogP contribution < -0.4 is 14.8 Å². The molecule has 118 valence electrons. The van der Waals surface area contributed by atoms with E-state index in [0.29, 0.717) is 12.5 Å². The lowest BCUT2D eigenvalue weighted by molar-refractivity contribution is 0.284. The van der Waals surface area contributed by atoms with Crippen LogP contribution in [0.5, 0.6) is 11.5 Å². The molecule has 1 N–H and O–H groups in total. The number of nitrogens with zero attached hydrogens (tertiary/aromatic N) is 1. The van der Waals surface area contributed by atoms with E-state index >= 15 is 0 Å². The number of hydrogen-bond acceptors (Lipinski definition) is 4. The van der Waals surface area contributed by atoms with Gasteiger partial charge in [0.2, 0.25) is 0 Å². The van der Waals surface area contributed by atoms with Crippen LogP contribution in [0.25, 0.3) is 0 Å². The standard InChI is InChI=1S/C18H24N2O2/c1-14(2)11-20-12-16-4-5-17(18(10-16)21-3)22-13-15-6-8-19-9-7-15/h4-10,14,20H,11-13H2,1-3H3. The van der Waals surface area contributed by atoms with Crippen LogP contribution in [-0.4, -0.2) is 18.6 Å². The summed E-state index contributed by atoms with van der Waals surface area (Å²) in [7, 11) is 1.67. The van der Waals surface area contributed by atoms with Crippen molar-refractivity contribution < 1.29 is 9.47 Å². The van der Waals surface area contributed by atoms with Crippen LogP contribution in [-0.2, 0) is 13.2 Å². The molecule has 0 aliphatic heterocycles. The average Bonchev–Trinajstić information content (AvgIpc) is 2.54. The highest BCUT2D eigenvalue weighted by molar-refractivity contribution is 5.43. The van der Waals surface area contributed by atoms with E-state index in [4.69, 9.17) is 9.47 Å². The van der Waals surface area contributed by atoms with Crippen molar-refractivity contribution in [2.75, 3.05) is 13.7 Å². The van der Waals surface area contributed by atoms with Gasteiger partial charge in [0.15, 0.2) is 11.5 Å². The zero-order chi connectivity index (χ0) is 15.8. The summed E-state index contributed by atoms with van der Waals surface area (Å²) in [6.07, 6.45) is 3.53. The first kappa shape index (κ1) is 16.3. The predicted molar refractivity (Wildman–Crippen MR) is 88.1 cm³/mol. The Labute approximate surface area is 132 Å². The minimum atomic E-state index is 0.504. The maximum absolute atomic E-state index is 5.84. The third-order valence-electron chi connectivity index (χ3n) is 3.25. The van der Waals surface area contributed by atoms with E-state index in [2.05, 4.69) is 30.2 Å². The van der Waals surface area contributed by atoms with Gasteiger partial charge in [0.1, 0.15) is 6.61 Å². The normalized spacial score (nSPS) is 10.7. The largest absolute Gasteiger partial charge is 0.493 e. The molecule has 0 bridgehead atoms. The van der Waals surface area contributed by atoms with Gasteiger partial charge in [-0.15, -0.1) is 0 Å². The number of hydrogen-bond donors (Lipinski definition) is 1. The van der Waals surface area contributed by atoms with Gasteiger partial charge in [0.05, 0.1) is 7.11 Å². The summed E-state index contributed by atoms with van der Waals surface area (Å²) < 4.78 is 11.3. The van der Waals surface area contributed by atoms with Crippen molar-refractivity contribution in [3.8, 4) is 11.5 Å². The number of nitrogens with one attached hydrogen (secondary N) is 1. The highest BCUT2D eigenvalue weighted by atomic mass is 16.5. The molecule has 0 fully saturated rings. The van der Waals surface area contributed by atoms with Crippen molar-refractivity contribution in [1.29, 1.82) is 0 Å². The topological polar surface area (TPSA) is 43.4 Å². The fraction of sp³-hybridized carbons (Fsp3) is 0.389. The molecule has 2 aromatic rings. The maximum atomic E-state index is 5.84. The SMILES string of the molecule is COc1cc(CNCC(C)C)ccc1OCc1ccncc1. The Hall–Kier alpha value is -2.07. The zero-order valence-electron chi connectivity index (χ0n) is 13.5. The Morgan fingerprint density at radius 2 is 1.82 bits per heavy atom. The minimum Gasteiger partial charge on any atom is -0.493 e. The summed E-state index contributed by atoms with van der Waals surface area (Å²) in [6.45, 7) is 6.73. The summed E-state index contributed by atoms with van der Waals surface area (Å²) in [4.78, 5) is 4.00. The third-order valence-corrected chi connectivity index (χ3v) is 3.25. The van der Waals surface area contributed by atoms with Crippen LogP contribution >= 0.6 is 0 Å². The molecule has 0 atom stereocenters. The van der Waals surface area contributed by atoms with Crippen LogP contribution in [0.1, 0.15) is 25.0 Å². The summed E-state index contributed by atoms with van der Waals surface area (Å²) in [5, 5.41) is 3.43. The third kappa shape index (κ3) is 5.04. The average molecular weight is 300 g/mol. The number of rotatable bonds is 8. The van der Waals surface area contributed by atoms with Crippen LogP contribution in [0.3, 0.4) is 0 Å². The van der Waals surface area contributed by atoms with Crippen molar-refractivity contribution in [3.63, 3.8) is 0 Å². The first-order valence-electron chi connectivity index (χ1n) is 7.58. The number of pyridine rings is 1. The first-order valence-corrected chi connectivity index (χ1v) is 7.58. The van der Waals surface area contributed by atoms with Crippen molar-refractivity contribution >= 4 is 0 Å². The quantitative estimate of drug-likeness (QED) is 0.811. The summed E-state index contributed by atoms with van der Waals surface area (Å²) in [5.74, 6) is 2.16. The van der Waals surface area contributed by atoms with Crippen LogP contribution in [0, 0.1) is 5.92 Å². The van der Waals surface area contributed by atoms with E-state index in [0.717, 1.165) is 30.2 Å². The van der Waals surface area contributed by atoms with E-state index in [1.807, 2.05) is 24.3 Å². The molecule has 1 aromatic carbocycles. The van der Waals surface area contributed by atoms with Gasteiger partial charge in [0.25, 0.3) is 0 Å². The Bertz CT molecular complexity index is 571. The molecule has 0 aliphatic rings. The van der Waals surface area contributed by atoms with Crippen molar-refractivity contribution in [3.05, 3.63) is 53.9 Å². The van der Waals surface area contributed by atoms with E-state index in [-0.39, 0.29) is 0 Å².